The lowest BCUT2D eigenvalue weighted by atomic mass is 9.87. The topological polar surface area (TPSA) is 50.4 Å². The molecule has 0 aromatic heterocycles. The molecule has 0 saturated heterocycles. The van der Waals surface area contributed by atoms with Crippen molar-refractivity contribution >= 4 is 11.5 Å². The van der Waals surface area contributed by atoms with Gasteiger partial charge in [-0.25, -0.2) is 0 Å². The van der Waals surface area contributed by atoms with Gasteiger partial charge in [0.05, 0.1) is 18.8 Å². The number of anilines is 1. The van der Waals surface area contributed by atoms with Crippen LogP contribution < -0.4 is 10.6 Å². The minimum Gasteiger partial charge on any atom is -0.488 e. The van der Waals surface area contributed by atoms with Crippen LogP contribution in [0.1, 0.15) is 99.5 Å². The van der Waals surface area contributed by atoms with Crippen LogP contribution in [0.2, 0.25) is 0 Å². The molecule has 4 nitrogen and oxygen atoms in total. The van der Waals surface area contributed by atoms with Crippen molar-refractivity contribution in [1.29, 1.82) is 0 Å². The average molecular weight is 629 g/mol. The number of carbonyl (C=O) groups is 1. The standard InChI is InChI=1S/C23H34N2O2.C7H8.C6H6.C4H10.C2H6/c1-4-21(25-22-13-9-6-10-14-22)17-24-18(2)23(19(3)26)27-16-15-20-11-7-5-8-12-20;1-7-5-3-2-4-6-7;1-2-4-6-5-3-1;1-4(2)3;1-2/h4,6,9-10,13-14,20,24-25H,5,7-8,11-12,15-17H2,1-3H3;2-6H,1H3;1-6H;4H,1-3H3;1-2H3/b21-4-,23-18-;;;;. The van der Waals surface area contributed by atoms with Gasteiger partial charge in [0.15, 0.2) is 11.5 Å². The molecule has 0 bridgehead atoms. The number of carbonyl (C=O) groups excluding carboxylic acids is 1. The summed E-state index contributed by atoms with van der Waals surface area (Å²) >= 11 is 0. The third-order valence-corrected chi connectivity index (χ3v) is 6.74. The fraction of sp³-hybridized carbons (Fsp3) is 0.452. The monoisotopic (exact) mass is 628 g/mol. The third-order valence-electron chi connectivity index (χ3n) is 6.74. The molecule has 0 aliphatic heterocycles. The molecule has 254 valence electrons. The van der Waals surface area contributed by atoms with E-state index in [0.29, 0.717) is 18.9 Å². The van der Waals surface area contributed by atoms with E-state index in [1.54, 1.807) is 6.92 Å². The number of para-hydroxylation sites is 1. The summed E-state index contributed by atoms with van der Waals surface area (Å²) in [4.78, 5) is 12.0. The van der Waals surface area contributed by atoms with E-state index in [-0.39, 0.29) is 5.78 Å². The lowest BCUT2D eigenvalue weighted by Gasteiger charge is -2.22. The van der Waals surface area contributed by atoms with Crippen molar-refractivity contribution in [2.75, 3.05) is 18.5 Å². The number of hydrogen-bond acceptors (Lipinski definition) is 4. The molecule has 46 heavy (non-hydrogen) atoms. The zero-order chi connectivity index (χ0) is 34.4. The van der Waals surface area contributed by atoms with Crippen molar-refractivity contribution in [2.24, 2.45) is 11.8 Å². The van der Waals surface area contributed by atoms with Crippen LogP contribution >= 0.6 is 0 Å². The number of Topliss-reactive ketones (excluding diaryl/α,β-unsaturated/α-hetero) is 1. The molecular formula is C42H64N2O2. The van der Waals surface area contributed by atoms with E-state index in [4.69, 9.17) is 4.74 Å². The zero-order valence-electron chi connectivity index (χ0n) is 30.4. The highest BCUT2D eigenvalue weighted by Crippen LogP contribution is 2.26. The maximum absolute atomic E-state index is 12.0. The molecule has 3 aromatic rings. The van der Waals surface area contributed by atoms with E-state index in [9.17, 15) is 4.79 Å². The van der Waals surface area contributed by atoms with E-state index in [1.807, 2.05) is 119 Å². The predicted molar refractivity (Wildman–Crippen MR) is 202 cm³/mol. The van der Waals surface area contributed by atoms with Gasteiger partial charge in [-0.05, 0) is 51.2 Å². The Morgan fingerprint density at radius 2 is 1.26 bits per heavy atom. The summed E-state index contributed by atoms with van der Waals surface area (Å²) in [5.74, 6) is 2.02. The number of benzene rings is 3. The van der Waals surface area contributed by atoms with E-state index in [2.05, 4.69) is 50.5 Å². The Morgan fingerprint density at radius 1 is 0.804 bits per heavy atom. The summed E-state index contributed by atoms with van der Waals surface area (Å²) in [6.45, 7) is 19.3. The molecule has 0 heterocycles. The van der Waals surface area contributed by atoms with Gasteiger partial charge in [-0.15, -0.1) is 0 Å². The summed E-state index contributed by atoms with van der Waals surface area (Å²) in [6, 6.07) is 32.3. The summed E-state index contributed by atoms with van der Waals surface area (Å²) < 4.78 is 5.88. The van der Waals surface area contributed by atoms with Gasteiger partial charge in [0.1, 0.15) is 0 Å². The molecule has 4 rings (SSSR count). The molecule has 4 heteroatoms. The second-order valence-corrected chi connectivity index (χ2v) is 11.9. The van der Waals surface area contributed by atoms with Gasteiger partial charge < -0.3 is 15.4 Å². The average Bonchev–Trinajstić information content (AvgIpc) is 3.08. The second kappa shape index (κ2) is 28.7. The largest absolute Gasteiger partial charge is 0.488 e. The van der Waals surface area contributed by atoms with Crippen molar-refractivity contribution in [3.8, 4) is 0 Å². The number of ether oxygens (including phenoxy) is 1. The normalized spacial score (nSPS) is 13.0. The summed E-state index contributed by atoms with van der Waals surface area (Å²) in [5.41, 5.74) is 4.21. The highest BCUT2D eigenvalue weighted by molar-refractivity contribution is 5.91. The van der Waals surface area contributed by atoms with Crippen molar-refractivity contribution in [3.63, 3.8) is 0 Å². The van der Waals surface area contributed by atoms with Gasteiger partial charge >= 0.3 is 0 Å². The van der Waals surface area contributed by atoms with Crippen LogP contribution in [0.25, 0.3) is 0 Å². The molecule has 0 spiro atoms. The number of nitrogens with one attached hydrogen (secondary N) is 2. The van der Waals surface area contributed by atoms with E-state index < -0.39 is 0 Å². The SMILES string of the molecule is C/C=C(/CN/C(C)=C(\OCCC1CCCCC1)C(C)=O)Nc1ccccc1.CC.CC(C)C.Cc1ccccc1.c1ccccc1. The Kier molecular flexibility index (Phi) is 26.3. The first-order valence-corrected chi connectivity index (χ1v) is 17.3. The molecule has 2 N–H and O–H groups in total. The zero-order valence-corrected chi connectivity index (χ0v) is 30.4. The minimum atomic E-state index is -0.0262. The fourth-order valence-electron chi connectivity index (χ4n) is 4.43. The molecule has 0 unspecified atom stereocenters. The molecule has 1 aliphatic rings. The summed E-state index contributed by atoms with van der Waals surface area (Å²) in [6.07, 6.45) is 9.71. The number of rotatable bonds is 10. The van der Waals surface area contributed by atoms with Crippen LogP contribution in [-0.2, 0) is 9.53 Å². The number of hydrogen-bond donors (Lipinski definition) is 2. The maximum atomic E-state index is 12.0. The van der Waals surface area contributed by atoms with Gasteiger partial charge in [-0.1, -0.05) is 163 Å². The van der Waals surface area contributed by atoms with Crippen LogP contribution in [0.5, 0.6) is 0 Å². The van der Waals surface area contributed by atoms with Crippen molar-refractivity contribution in [2.45, 2.75) is 101 Å². The first-order valence-electron chi connectivity index (χ1n) is 17.3. The van der Waals surface area contributed by atoms with Crippen molar-refractivity contribution < 1.29 is 9.53 Å². The quantitative estimate of drug-likeness (QED) is 0.173. The Morgan fingerprint density at radius 3 is 1.67 bits per heavy atom. The molecule has 1 aliphatic carbocycles. The minimum absolute atomic E-state index is 0.0262. The van der Waals surface area contributed by atoms with Gasteiger partial charge in [0.25, 0.3) is 0 Å². The second-order valence-electron chi connectivity index (χ2n) is 11.9. The molecular weight excluding hydrogens is 564 g/mol. The molecule has 1 fully saturated rings. The molecule has 0 atom stereocenters. The first-order chi connectivity index (χ1) is 22.2. The first kappa shape index (κ1) is 42.2. The number of allylic oxidation sites excluding steroid dienone is 3. The van der Waals surface area contributed by atoms with Gasteiger partial charge in [0.2, 0.25) is 0 Å². The lowest BCUT2D eigenvalue weighted by Crippen LogP contribution is -2.22. The van der Waals surface area contributed by atoms with Gasteiger partial charge in [-0.2, -0.15) is 0 Å². The predicted octanol–water partition coefficient (Wildman–Crippen LogP) is 11.8. The molecule has 3 aromatic carbocycles. The lowest BCUT2D eigenvalue weighted by molar-refractivity contribution is -0.117. The maximum Gasteiger partial charge on any atom is 0.196 e. The van der Waals surface area contributed by atoms with Crippen LogP contribution in [0.4, 0.5) is 5.69 Å². The third kappa shape index (κ3) is 23.6. The van der Waals surface area contributed by atoms with Crippen molar-refractivity contribution in [1.82, 2.24) is 5.32 Å². The van der Waals surface area contributed by atoms with Crippen molar-refractivity contribution in [3.05, 3.63) is 126 Å². The number of ketones is 1. The van der Waals surface area contributed by atoms with E-state index >= 15 is 0 Å². The molecule has 0 amide bonds. The van der Waals surface area contributed by atoms with E-state index in [0.717, 1.165) is 35.3 Å². The molecule has 1 saturated carbocycles. The van der Waals surface area contributed by atoms with E-state index in [1.165, 1.54) is 37.7 Å². The Balaban J connectivity index is 0.000000854. The van der Waals surface area contributed by atoms with Crippen LogP contribution in [0.15, 0.2) is 120 Å². The summed E-state index contributed by atoms with van der Waals surface area (Å²) in [5, 5.41) is 6.72. The fourth-order valence-corrected chi connectivity index (χ4v) is 4.43. The van der Waals surface area contributed by atoms with Gasteiger partial charge in [-0.3, -0.25) is 4.79 Å². The number of aryl methyl sites for hydroxylation is 1. The summed E-state index contributed by atoms with van der Waals surface area (Å²) in [7, 11) is 0. The van der Waals surface area contributed by atoms with Crippen LogP contribution in [0, 0.1) is 18.8 Å². The Bertz CT molecular complexity index is 1140. The van der Waals surface area contributed by atoms with Crippen LogP contribution in [-0.4, -0.2) is 18.9 Å². The highest BCUT2D eigenvalue weighted by Gasteiger charge is 2.15. The highest BCUT2D eigenvalue weighted by atomic mass is 16.5. The Hall–Kier alpha value is -3.79. The van der Waals surface area contributed by atoms with Gasteiger partial charge in [0, 0.05) is 18.3 Å². The Labute approximate surface area is 282 Å². The van der Waals surface area contributed by atoms with Crippen LogP contribution in [0.3, 0.4) is 0 Å². The molecule has 0 radical (unpaired) electrons. The smallest absolute Gasteiger partial charge is 0.196 e.